The van der Waals surface area contributed by atoms with E-state index < -0.39 is 0 Å². The van der Waals surface area contributed by atoms with Crippen LogP contribution < -0.4 is 10.6 Å². The van der Waals surface area contributed by atoms with Crippen molar-refractivity contribution in [2.45, 2.75) is 18.4 Å². The number of anilines is 1. The van der Waals surface area contributed by atoms with Gasteiger partial charge in [-0.25, -0.2) is 0 Å². The Kier molecular flexibility index (Phi) is 3.03. The number of aliphatic imine (C=N–C) groups is 1. The van der Waals surface area contributed by atoms with E-state index in [1.807, 2.05) is 12.1 Å². The molecule has 1 saturated heterocycles. The summed E-state index contributed by atoms with van der Waals surface area (Å²) in [6.45, 7) is 2.27. The van der Waals surface area contributed by atoms with Crippen molar-refractivity contribution < 1.29 is 4.74 Å². The maximum atomic E-state index is 6.07. The molecule has 0 amide bonds. The molecule has 0 radical (unpaired) electrons. The number of rotatable bonds is 1. The molecule has 96 valence electrons. The lowest BCUT2D eigenvalue weighted by Gasteiger charge is -2.41. The lowest BCUT2D eigenvalue weighted by atomic mass is 9.91. The fraction of sp³-hybridized carbons (Fsp3) is 0.462. The van der Waals surface area contributed by atoms with Gasteiger partial charge in [0.15, 0.2) is 5.96 Å². The van der Waals surface area contributed by atoms with E-state index in [0.29, 0.717) is 12.6 Å². The Labute approximate surface area is 115 Å². The maximum Gasteiger partial charge on any atom is 0.196 e. The Balaban J connectivity index is 1.98. The first-order valence-electron chi connectivity index (χ1n) is 6.15. The Morgan fingerprint density at radius 1 is 1.44 bits per heavy atom. The van der Waals surface area contributed by atoms with Crippen molar-refractivity contribution in [3.63, 3.8) is 0 Å². The molecular weight excluding hydrogens is 294 g/mol. The Morgan fingerprint density at radius 3 is 3.06 bits per heavy atom. The van der Waals surface area contributed by atoms with Crippen molar-refractivity contribution in [2.24, 2.45) is 10.7 Å². The van der Waals surface area contributed by atoms with E-state index in [1.165, 1.54) is 0 Å². The quantitative estimate of drug-likeness (QED) is 0.864. The first-order chi connectivity index (χ1) is 8.71. The van der Waals surface area contributed by atoms with Crippen LogP contribution in [0, 0.1) is 0 Å². The van der Waals surface area contributed by atoms with Crippen LogP contribution in [0.25, 0.3) is 0 Å². The smallest absolute Gasteiger partial charge is 0.196 e. The van der Waals surface area contributed by atoms with Gasteiger partial charge in [0.1, 0.15) is 0 Å². The first kappa shape index (κ1) is 12.0. The highest BCUT2D eigenvalue weighted by Crippen LogP contribution is 2.35. The van der Waals surface area contributed by atoms with Crippen molar-refractivity contribution >= 4 is 27.6 Å². The second-order valence-electron chi connectivity index (χ2n) is 4.87. The van der Waals surface area contributed by atoms with Crippen molar-refractivity contribution in [3.05, 3.63) is 28.7 Å². The maximum absolute atomic E-state index is 6.07. The average Bonchev–Trinajstić information content (AvgIpc) is 2.67. The first-order valence-corrected chi connectivity index (χ1v) is 6.94. The van der Waals surface area contributed by atoms with E-state index in [2.05, 4.69) is 38.0 Å². The third kappa shape index (κ3) is 1.91. The molecular formula is C13H16BrN3O. The Morgan fingerprint density at radius 2 is 2.33 bits per heavy atom. The third-order valence-corrected chi connectivity index (χ3v) is 4.10. The highest BCUT2D eigenvalue weighted by molar-refractivity contribution is 9.10. The molecule has 4 nitrogen and oxygen atoms in total. The van der Waals surface area contributed by atoms with Crippen molar-refractivity contribution in [2.75, 3.05) is 24.7 Å². The standard InChI is InChI=1S/C13H16BrN3O/c14-10-3-1-4-11(7-10)17-12(15)16-8-13(17)5-2-6-18-9-13/h1,3-4,7H,2,5-6,8-9H2,(H2,15,16). The summed E-state index contributed by atoms with van der Waals surface area (Å²) in [7, 11) is 0. The summed E-state index contributed by atoms with van der Waals surface area (Å²) < 4.78 is 6.70. The average molecular weight is 310 g/mol. The van der Waals surface area contributed by atoms with E-state index >= 15 is 0 Å². The van der Waals surface area contributed by atoms with Gasteiger partial charge in [-0.3, -0.25) is 4.99 Å². The molecule has 18 heavy (non-hydrogen) atoms. The van der Waals surface area contributed by atoms with Crippen LogP contribution in [0.4, 0.5) is 5.69 Å². The van der Waals surface area contributed by atoms with Crippen LogP contribution >= 0.6 is 15.9 Å². The van der Waals surface area contributed by atoms with Gasteiger partial charge in [0, 0.05) is 16.8 Å². The molecule has 5 heteroatoms. The molecule has 0 saturated carbocycles. The SMILES string of the molecule is NC1=NCC2(CCCOC2)N1c1cccc(Br)c1. The van der Waals surface area contributed by atoms with Gasteiger partial charge in [0.2, 0.25) is 0 Å². The second kappa shape index (κ2) is 4.55. The van der Waals surface area contributed by atoms with Crippen LogP contribution in [0.2, 0.25) is 0 Å². The molecule has 0 bridgehead atoms. The summed E-state index contributed by atoms with van der Waals surface area (Å²) in [5.74, 6) is 0.596. The number of nitrogens with two attached hydrogens (primary N) is 1. The van der Waals surface area contributed by atoms with E-state index in [4.69, 9.17) is 10.5 Å². The highest BCUT2D eigenvalue weighted by atomic mass is 79.9. The molecule has 1 spiro atoms. The van der Waals surface area contributed by atoms with Gasteiger partial charge in [0.05, 0.1) is 18.7 Å². The molecule has 2 N–H and O–H groups in total. The minimum Gasteiger partial charge on any atom is -0.379 e. The van der Waals surface area contributed by atoms with E-state index in [0.717, 1.165) is 36.2 Å². The fourth-order valence-corrected chi connectivity index (χ4v) is 3.16. The summed E-state index contributed by atoms with van der Waals surface area (Å²) >= 11 is 3.50. The zero-order valence-corrected chi connectivity index (χ0v) is 11.7. The molecule has 2 aliphatic heterocycles. The van der Waals surface area contributed by atoms with Crippen molar-refractivity contribution in [1.29, 1.82) is 0 Å². The van der Waals surface area contributed by atoms with Crippen molar-refractivity contribution in [1.82, 2.24) is 0 Å². The number of halogens is 1. The number of nitrogens with zero attached hydrogens (tertiary/aromatic N) is 2. The minimum atomic E-state index is -0.0802. The number of hydrogen-bond acceptors (Lipinski definition) is 4. The molecule has 3 rings (SSSR count). The monoisotopic (exact) mass is 309 g/mol. The zero-order valence-electron chi connectivity index (χ0n) is 10.1. The van der Waals surface area contributed by atoms with Crippen LogP contribution in [-0.2, 0) is 4.74 Å². The molecule has 0 aliphatic carbocycles. The van der Waals surface area contributed by atoms with Gasteiger partial charge >= 0.3 is 0 Å². The zero-order chi connectivity index (χ0) is 12.6. The summed E-state index contributed by atoms with van der Waals surface area (Å²) in [6, 6.07) is 8.16. The topological polar surface area (TPSA) is 50.9 Å². The van der Waals surface area contributed by atoms with Crippen LogP contribution in [0.1, 0.15) is 12.8 Å². The Bertz CT molecular complexity index is 483. The molecule has 1 aromatic rings. The summed E-state index contributed by atoms with van der Waals surface area (Å²) in [6.07, 6.45) is 2.14. The molecule has 1 fully saturated rings. The lowest BCUT2D eigenvalue weighted by Crippen LogP contribution is -2.56. The van der Waals surface area contributed by atoms with Gasteiger partial charge in [-0.1, -0.05) is 22.0 Å². The molecule has 1 aromatic carbocycles. The van der Waals surface area contributed by atoms with Crippen molar-refractivity contribution in [3.8, 4) is 0 Å². The third-order valence-electron chi connectivity index (χ3n) is 3.61. The van der Waals surface area contributed by atoms with Gasteiger partial charge < -0.3 is 15.4 Å². The second-order valence-corrected chi connectivity index (χ2v) is 5.79. The van der Waals surface area contributed by atoms with Crippen LogP contribution in [0.5, 0.6) is 0 Å². The summed E-state index contributed by atoms with van der Waals surface area (Å²) in [5, 5.41) is 0. The lowest BCUT2D eigenvalue weighted by molar-refractivity contribution is 0.0459. The molecule has 0 aromatic heterocycles. The number of hydrogen-bond donors (Lipinski definition) is 1. The Hall–Kier alpha value is -1.07. The number of benzene rings is 1. The summed E-state index contributed by atoms with van der Waals surface area (Å²) in [4.78, 5) is 6.56. The van der Waals surface area contributed by atoms with Gasteiger partial charge in [-0.2, -0.15) is 0 Å². The van der Waals surface area contributed by atoms with Crippen LogP contribution in [0.3, 0.4) is 0 Å². The van der Waals surface area contributed by atoms with Crippen LogP contribution in [-0.4, -0.2) is 31.3 Å². The van der Waals surface area contributed by atoms with Gasteiger partial charge in [-0.15, -0.1) is 0 Å². The fourth-order valence-electron chi connectivity index (χ4n) is 2.77. The van der Waals surface area contributed by atoms with Crippen LogP contribution in [0.15, 0.2) is 33.7 Å². The van der Waals surface area contributed by atoms with E-state index in [1.54, 1.807) is 0 Å². The highest BCUT2D eigenvalue weighted by Gasteiger charge is 2.44. The van der Waals surface area contributed by atoms with Gasteiger partial charge in [-0.05, 0) is 31.0 Å². The predicted octanol–water partition coefficient (Wildman–Crippen LogP) is 2.13. The summed E-state index contributed by atoms with van der Waals surface area (Å²) in [5.41, 5.74) is 7.07. The number of ether oxygens (including phenoxy) is 1. The predicted molar refractivity (Wildman–Crippen MR) is 75.9 cm³/mol. The molecule has 1 atom stereocenters. The van der Waals surface area contributed by atoms with E-state index in [-0.39, 0.29) is 5.54 Å². The minimum absolute atomic E-state index is 0.0802. The van der Waals surface area contributed by atoms with Gasteiger partial charge in [0.25, 0.3) is 0 Å². The number of guanidine groups is 1. The largest absolute Gasteiger partial charge is 0.379 e. The van der Waals surface area contributed by atoms with E-state index in [9.17, 15) is 0 Å². The molecule has 2 heterocycles. The molecule has 2 aliphatic rings. The normalized spacial score (nSPS) is 27.6. The molecule has 1 unspecified atom stereocenters.